The van der Waals surface area contributed by atoms with Crippen LogP contribution in [0.15, 0.2) is 42.7 Å². The molecule has 5 nitrogen and oxygen atoms in total. The molecule has 0 radical (unpaired) electrons. The van der Waals surface area contributed by atoms with Crippen molar-refractivity contribution in [3.63, 3.8) is 0 Å². The van der Waals surface area contributed by atoms with Crippen LogP contribution in [0.1, 0.15) is 16.8 Å². The van der Waals surface area contributed by atoms with E-state index in [1.807, 2.05) is 12.1 Å². The Morgan fingerprint density at radius 3 is 2.76 bits per heavy atom. The molecule has 1 aromatic heterocycles. The lowest BCUT2D eigenvalue weighted by Crippen LogP contribution is -2.07. The van der Waals surface area contributed by atoms with Gasteiger partial charge in [-0.3, -0.25) is 4.98 Å². The summed E-state index contributed by atoms with van der Waals surface area (Å²) in [5, 5.41) is 12.5. The molecule has 0 spiro atoms. The van der Waals surface area contributed by atoms with Crippen LogP contribution in [0.2, 0.25) is 5.02 Å². The Balaban J connectivity index is 1.77. The second kappa shape index (κ2) is 7.50. The number of hydrogen-bond donors (Lipinski definition) is 2. The molecule has 0 saturated carbocycles. The van der Waals surface area contributed by atoms with Crippen LogP contribution in [-0.4, -0.2) is 29.2 Å². The largest absolute Gasteiger partial charge is 0.493 e. The molecule has 0 atom stereocenters. The summed E-state index contributed by atoms with van der Waals surface area (Å²) in [6.07, 6.45) is 4.22. The van der Waals surface area contributed by atoms with Crippen LogP contribution in [0.5, 0.6) is 5.75 Å². The number of aromatic nitrogens is 1. The molecule has 2 N–H and O–H groups in total. The van der Waals surface area contributed by atoms with Crippen molar-refractivity contribution in [2.45, 2.75) is 6.42 Å². The molecule has 0 aliphatic heterocycles. The number of benzene rings is 1. The second-order valence-electron chi connectivity index (χ2n) is 4.35. The first-order valence-electron chi connectivity index (χ1n) is 6.46. The molecule has 1 aromatic carbocycles. The molecule has 0 unspecified atom stereocenters. The number of rotatable bonds is 7. The summed E-state index contributed by atoms with van der Waals surface area (Å²) in [5.74, 6) is -0.564. The molecule has 0 fully saturated rings. The van der Waals surface area contributed by atoms with Gasteiger partial charge in [0.15, 0.2) is 0 Å². The van der Waals surface area contributed by atoms with Crippen molar-refractivity contribution in [3.05, 3.63) is 53.3 Å². The van der Waals surface area contributed by atoms with Crippen LogP contribution in [0, 0.1) is 0 Å². The highest BCUT2D eigenvalue weighted by Gasteiger charge is 2.06. The number of nitrogens with one attached hydrogen (secondary N) is 1. The zero-order valence-electron chi connectivity index (χ0n) is 11.3. The number of ether oxygens (including phenoxy) is 1. The van der Waals surface area contributed by atoms with E-state index in [1.54, 1.807) is 18.5 Å². The van der Waals surface area contributed by atoms with E-state index in [-0.39, 0.29) is 5.56 Å². The molecule has 2 aromatic rings. The Labute approximate surface area is 127 Å². The van der Waals surface area contributed by atoms with Gasteiger partial charge in [-0.15, -0.1) is 0 Å². The van der Waals surface area contributed by atoms with Crippen molar-refractivity contribution in [2.24, 2.45) is 0 Å². The minimum Gasteiger partial charge on any atom is -0.493 e. The highest BCUT2D eigenvalue weighted by molar-refractivity contribution is 6.31. The maximum atomic E-state index is 10.9. The number of nitrogens with zero attached hydrogens (tertiary/aromatic N) is 1. The highest BCUT2D eigenvalue weighted by Crippen LogP contribution is 2.21. The van der Waals surface area contributed by atoms with E-state index in [2.05, 4.69) is 10.3 Å². The van der Waals surface area contributed by atoms with Gasteiger partial charge < -0.3 is 15.2 Å². The van der Waals surface area contributed by atoms with E-state index in [1.165, 1.54) is 12.1 Å². The van der Waals surface area contributed by atoms with E-state index < -0.39 is 5.97 Å². The zero-order chi connectivity index (χ0) is 15.1. The van der Waals surface area contributed by atoms with E-state index in [9.17, 15) is 4.79 Å². The lowest BCUT2D eigenvalue weighted by Gasteiger charge is -2.09. The third-order valence-corrected chi connectivity index (χ3v) is 2.94. The van der Waals surface area contributed by atoms with Crippen LogP contribution in [-0.2, 0) is 0 Å². The number of anilines is 1. The van der Waals surface area contributed by atoms with Crippen molar-refractivity contribution in [2.75, 3.05) is 18.5 Å². The molecule has 0 bridgehead atoms. The third kappa shape index (κ3) is 4.96. The van der Waals surface area contributed by atoms with Gasteiger partial charge in [0.2, 0.25) is 0 Å². The molecule has 0 aliphatic carbocycles. The zero-order valence-corrected chi connectivity index (χ0v) is 12.0. The fourth-order valence-electron chi connectivity index (χ4n) is 1.73. The average molecular weight is 307 g/mol. The molecular weight excluding hydrogens is 292 g/mol. The van der Waals surface area contributed by atoms with Gasteiger partial charge in [0.1, 0.15) is 5.75 Å². The number of halogens is 1. The van der Waals surface area contributed by atoms with Gasteiger partial charge >= 0.3 is 5.97 Å². The van der Waals surface area contributed by atoms with E-state index in [0.717, 1.165) is 18.7 Å². The quantitative estimate of drug-likeness (QED) is 0.768. The first kappa shape index (κ1) is 15.1. The van der Waals surface area contributed by atoms with Gasteiger partial charge in [-0.1, -0.05) is 11.6 Å². The van der Waals surface area contributed by atoms with E-state index >= 15 is 0 Å². The summed E-state index contributed by atoms with van der Waals surface area (Å²) < 4.78 is 5.52. The maximum absolute atomic E-state index is 10.9. The summed E-state index contributed by atoms with van der Waals surface area (Å²) in [6, 6.07) is 8.23. The van der Waals surface area contributed by atoms with Crippen molar-refractivity contribution >= 4 is 23.3 Å². The summed E-state index contributed by atoms with van der Waals surface area (Å²) in [5.41, 5.74) is 1.12. The average Bonchev–Trinajstić information content (AvgIpc) is 2.47. The van der Waals surface area contributed by atoms with Crippen LogP contribution in [0.4, 0.5) is 5.69 Å². The Morgan fingerprint density at radius 1 is 1.29 bits per heavy atom. The van der Waals surface area contributed by atoms with Crippen LogP contribution >= 0.6 is 11.6 Å². The van der Waals surface area contributed by atoms with Crippen LogP contribution in [0.25, 0.3) is 0 Å². The Hall–Kier alpha value is -2.27. The number of carboxylic acids is 1. The monoisotopic (exact) mass is 306 g/mol. The smallest absolute Gasteiger partial charge is 0.335 e. The second-order valence-corrected chi connectivity index (χ2v) is 4.78. The minimum atomic E-state index is -1.03. The predicted molar refractivity (Wildman–Crippen MR) is 81.3 cm³/mol. The first-order valence-corrected chi connectivity index (χ1v) is 6.83. The number of pyridine rings is 1. The van der Waals surface area contributed by atoms with Crippen molar-refractivity contribution in [1.29, 1.82) is 0 Å². The Kier molecular flexibility index (Phi) is 5.40. The van der Waals surface area contributed by atoms with Crippen LogP contribution in [0.3, 0.4) is 0 Å². The summed E-state index contributed by atoms with van der Waals surface area (Å²) in [7, 11) is 0. The lowest BCUT2D eigenvalue weighted by atomic mass is 10.2. The van der Waals surface area contributed by atoms with Gasteiger partial charge in [-0.25, -0.2) is 4.79 Å². The summed E-state index contributed by atoms with van der Waals surface area (Å²) in [6.45, 7) is 1.22. The topological polar surface area (TPSA) is 71.5 Å². The SMILES string of the molecule is O=C(O)c1cc(Cl)cc(OCCCNc2ccncc2)c1. The Bertz CT molecular complexity index is 605. The van der Waals surface area contributed by atoms with E-state index in [0.29, 0.717) is 17.4 Å². The number of aromatic carboxylic acids is 1. The Morgan fingerprint density at radius 2 is 2.05 bits per heavy atom. The number of carboxylic acid groups (broad SMARTS) is 1. The van der Waals surface area contributed by atoms with Crippen molar-refractivity contribution < 1.29 is 14.6 Å². The van der Waals surface area contributed by atoms with Gasteiger partial charge in [-0.2, -0.15) is 0 Å². The number of carbonyl (C=O) groups is 1. The van der Waals surface area contributed by atoms with Gasteiger partial charge in [0, 0.05) is 29.6 Å². The standard InChI is InChI=1S/C15H15ClN2O3/c16-12-8-11(15(19)20)9-14(10-12)21-7-1-4-18-13-2-5-17-6-3-13/h2-3,5-6,8-10H,1,4,7H2,(H,17,18)(H,19,20). The van der Waals surface area contributed by atoms with Crippen LogP contribution < -0.4 is 10.1 Å². The van der Waals surface area contributed by atoms with E-state index in [4.69, 9.17) is 21.4 Å². The molecule has 0 amide bonds. The molecule has 0 saturated heterocycles. The molecular formula is C15H15ClN2O3. The fraction of sp³-hybridized carbons (Fsp3) is 0.200. The highest BCUT2D eigenvalue weighted by atomic mass is 35.5. The summed E-state index contributed by atoms with van der Waals surface area (Å²) in [4.78, 5) is 14.8. The normalized spacial score (nSPS) is 10.1. The lowest BCUT2D eigenvalue weighted by molar-refractivity contribution is 0.0696. The molecule has 21 heavy (non-hydrogen) atoms. The van der Waals surface area contributed by atoms with Gasteiger partial charge in [0.25, 0.3) is 0 Å². The maximum Gasteiger partial charge on any atom is 0.335 e. The van der Waals surface area contributed by atoms with Crippen molar-refractivity contribution in [1.82, 2.24) is 4.98 Å². The molecule has 6 heteroatoms. The predicted octanol–water partition coefficient (Wildman–Crippen LogP) is 3.31. The van der Waals surface area contributed by atoms with Gasteiger partial charge in [0.05, 0.1) is 12.2 Å². The minimum absolute atomic E-state index is 0.118. The first-order chi connectivity index (χ1) is 10.1. The molecule has 110 valence electrons. The van der Waals surface area contributed by atoms with Crippen molar-refractivity contribution in [3.8, 4) is 5.75 Å². The number of hydrogen-bond acceptors (Lipinski definition) is 4. The summed E-state index contributed by atoms with van der Waals surface area (Å²) >= 11 is 5.85. The van der Waals surface area contributed by atoms with Gasteiger partial charge in [-0.05, 0) is 36.8 Å². The molecule has 0 aliphatic rings. The molecule has 1 heterocycles. The third-order valence-electron chi connectivity index (χ3n) is 2.72. The fourth-order valence-corrected chi connectivity index (χ4v) is 1.96. The molecule has 2 rings (SSSR count).